The lowest BCUT2D eigenvalue weighted by Gasteiger charge is -2.36. The predicted molar refractivity (Wildman–Crippen MR) is 161 cm³/mol. The molecular weight excluding hydrogens is 486 g/mol. The van der Waals surface area contributed by atoms with Crippen molar-refractivity contribution >= 4 is 40.4 Å². The van der Waals surface area contributed by atoms with Gasteiger partial charge in [-0.2, -0.15) is 9.97 Å². The molecule has 1 aliphatic heterocycles. The normalized spacial score (nSPS) is 14.2. The molecule has 0 unspecified atom stereocenters. The lowest BCUT2D eigenvalue weighted by Crippen LogP contribution is -2.47. The minimum absolute atomic E-state index is 0.288. The van der Waals surface area contributed by atoms with Gasteiger partial charge in [-0.05, 0) is 54.7 Å². The van der Waals surface area contributed by atoms with E-state index in [-0.39, 0.29) is 5.75 Å². The molecule has 0 spiro atoms. The highest BCUT2D eigenvalue weighted by molar-refractivity contribution is 5.89. The molecule has 5 rings (SSSR count). The van der Waals surface area contributed by atoms with E-state index in [9.17, 15) is 5.11 Å². The molecule has 0 radical (unpaired) electrons. The van der Waals surface area contributed by atoms with Crippen molar-refractivity contribution in [2.75, 3.05) is 47.9 Å². The number of phenolic OH excluding ortho intramolecular Hbond substituents is 1. The van der Waals surface area contributed by atoms with Crippen LogP contribution in [0.5, 0.6) is 5.75 Å². The molecule has 0 amide bonds. The van der Waals surface area contributed by atoms with Gasteiger partial charge in [-0.15, -0.1) is 0 Å². The first-order valence-electron chi connectivity index (χ1n) is 14.0. The Hall–Kier alpha value is -4.07. The summed E-state index contributed by atoms with van der Waals surface area (Å²) in [5, 5.41) is 9.66. The number of imidazole rings is 1. The summed E-state index contributed by atoms with van der Waals surface area (Å²) in [5.41, 5.74) is 5.05. The zero-order chi connectivity index (χ0) is 27.4. The van der Waals surface area contributed by atoms with Gasteiger partial charge in [0.2, 0.25) is 5.95 Å². The van der Waals surface area contributed by atoms with Crippen LogP contribution in [0, 0.1) is 5.92 Å². The summed E-state index contributed by atoms with van der Waals surface area (Å²) in [6.07, 6.45) is 8.31. The summed E-state index contributed by atoms with van der Waals surface area (Å²) in [6.45, 7) is 10.8. The third kappa shape index (κ3) is 5.85. The van der Waals surface area contributed by atoms with Crippen molar-refractivity contribution in [2.45, 2.75) is 40.2 Å². The van der Waals surface area contributed by atoms with E-state index in [2.05, 4.69) is 83.5 Å². The van der Waals surface area contributed by atoms with E-state index in [4.69, 9.17) is 15.0 Å². The molecule has 2 aromatic heterocycles. The number of aromatic nitrogens is 4. The third-order valence-electron chi connectivity index (χ3n) is 7.31. The Morgan fingerprint density at radius 3 is 2.41 bits per heavy atom. The molecule has 0 saturated carbocycles. The van der Waals surface area contributed by atoms with Gasteiger partial charge < -0.3 is 24.4 Å². The lowest BCUT2D eigenvalue weighted by molar-refractivity contribution is 0.475. The molecule has 204 valence electrons. The van der Waals surface area contributed by atoms with Gasteiger partial charge in [0, 0.05) is 51.1 Å². The summed E-state index contributed by atoms with van der Waals surface area (Å²) < 4.78 is 2.17. The summed E-state index contributed by atoms with van der Waals surface area (Å²) in [4.78, 5) is 21.8. The Bertz CT molecular complexity index is 1420. The highest BCUT2D eigenvalue weighted by Crippen LogP contribution is 2.33. The molecule has 39 heavy (non-hydrogen) atoms. The number of hydrogen-bond donors (Lipinski definition) is 1. The number of phenols is 1. The van der Waals surface area contributed by atoms with Gasteiger partial charge in [-0.25, -0.2) is 4.98 Å². The van der Waals surface area contributed by atoms with Crippen molar-refractivity contribution in [3.63, 3.8) is 0 Å². The Morgan fingerprint density at radius 2 is 1.69 bits per heavy atom. The molecule has 0 atom stereocenters. The van der Waals surface area contributed by atoms with Crippen LogP contribution in [0.25, 0.3) is 17.2 Å². The maximum atomic E-state index is 9.66. The highest BCUT2D eigenvalue weighted by atomic mass is 16.3. The Kier molecular flexibility index (Phi) is 8.00. The van der Waals surface area contributed by atoms with Gasteiger partial charge in [0.1, 0.15) is 5.75 Å². The Labute approximate surface area is 231 Å². The number of rotatable bonds is 9. The number of aryl methyl sites for hydroxylation is 1. The SMILES string of the molecule is CC/C=C/c1ccccc1N(C)c1nc(N2CCN(c3ccc(O)cc3)CC2)nc2c1ncn2CCC(C)C. The molecule has 1 aliphatic rings. The number of fused-ring (bicyclic) bond motifs is 1. The van der Waals surface area contributed by atoms with Crippen LogP contribution in [0.1, 0.15) is 39.2 Å². The first kappa shape index (κ1) is 26.5. The summed E-state index contributed by atoms with van der Waals surface area (Å²) in [6, 6.07) is 15.8. The average Bonchev–Trinajstić information content (AvgIpc) is 3.37. The standard InChI is InChI=1S/C31H39N7O/c1-5-6-9-24-10-7-8-11-27(24)35(4)29-28-30(38(22-32-28)17-16-23(2)3)34-31(33-29)37-20-18-36(19-21-37)25-12-14-26(39)15-13-25/h6-15,22-23,39H,5,16-21H2,1-4H3/b9-6+. The number of hydrogen-bond acceptors (Lipinski definition) is 7. The second-order valence-electron chi connectivity index (χ2n) is 10.6. The van der Waals surface area contributed by atoms with E-state index in [1.807, 2.05) is 18.5 Å². The van der Waals surface area contributed by atoms with E-state index in [0.29, 0.717) is 5.92 Å². The zero-order valence-corrected chi connectivity index (χ0v) is 23.5. The van der Waals surface area contributed by atoms with Crippen LogP contribution in [0.15, 0.2) is 60.9 Å². The molecule has 1 fully saturated rings. The number of piperazine rings is 1. The summed E-state index contributed by atoms with van der Waals surface area (Å²) in [5.74, 6) is 2.44. The molecule has 0 aliphatic carbocycles. The topological polar surface area (TPSA) is 73.6 Å². The van der Waals surface area contributed by atoms with Crippen molar-refractivity contribution in [1.29, 1.82) is 0 Å². The van der Waals surface area contributed by atoms with Crippen LogP contribution in [0.4, 0.5) is 23.1 Å². The lowest BCUT2D eigenvalue weighted by atomic mass is 10.1. The number of aromatic hydroxyl groups is 1. The van der Waals surface area contributed by atoms with E-state index in [0.717, 1.165) is 85.4 Å². The van der Waals surface area contributed by atoms with Crippen molar-refractivity contribution in [2.24, 2.45) is 5.92 Å². The summed E-state index contributed by atoms with van der Waals surface area (Å²) >= 11 is 0. The molecule has 1 saturated heterocycles. The average molecular weight is 526 g/mol. The predicted octanol–water partition coefficient (Wildman–Crippen LogP) is 6.10. The van der Waals surface area contributed by atoms with E-state index in [1.54, 1.807) is 12.1 Å². The fourth-order valence-electron chi connectivity index (χ4n) is 4.98. The second-order valence-corrected chi connectivity index (χ2v) is 10.6. The monoisotopic (exact) mass is 525 g/mol. The molecule has 4 aromatic rings. The van der Waals surface area contributed by atoms with Gasteiger partial charge >= 0.3 is 0 Å². The molecule has 8 heteroatoms. The van der Waals surface area contributed by atoms with E-state index in [1.165, 1.54) is 0 Å². The number of anilines is 4. The Morgan fingerprint density at radius 1 is 0.974 bits per heavy atom. The third-order valence-corrected chi connectivity index (χ3v) is 7.31. The second kappa shape index (κ2) is 11.8. The minimum atomic E-state index is 0.288. The van der Waals surface area contributed by atoms with E-state index >= 15 is 0 Å². The first-order valence-corrected chi connectivity index (χ1v) is 14.0. The van der Waals surface area contributed by atoms with Crippen LogP contribution in [-0.2, 0) is 6.54 Å². The fourth-order valence-corrected chi connectivity index (χ4v) is 4.98. The van der Waals surface area contributed by atoms with Gasteiger partial charge in [-0.3, -0.25) is 0 Å². The number of allylic oxidation sites excluding steroid dienone is 1. The quantitative estimate of drug-likeness (QED) is 0.283. The number of nitrogens with zero attached hydrogens (tertiary/aromatic N) is 7. The fraction of sp³-hybridized carbons (Fsp3) is 0.387. The molecular formula is C31H39N7O. The van der Waals surface area contributed by atoms with Crippen molar-refractivity contribution < 1.29 is 5.11 Å². The molecule has 1 N–H and O–H groups in total. The van der Waals surface area contributed by atoms with E-state index < -0.39 is 0 Å². The maximum Gasteiger partial charge on any atom is 0.229 e. The smallest absolute Gasteiger partial charge is 0.229 e. The van der Waals surface area contributed by atoms with Gasteiger partial charge in [0.15, 0.2) is 17.0 Å². The number of benzene rings is 2. The van der Waals surface area contributed by atoms with Crippen LogP contribution >= 0.6 is 0 Å². The van der Waals surface area contributed by atoms with Crippen LogP contribution < -0.4 is 14.7 Å². The Balaban J connectivity index is 1.50. The zero-order valence-electron chi connectivity index (χ0n) is 23.5. The molecule has 3 heterocycles. The molecule has 8 nitrogen and oxygen atoms in total. The van der Waals surface area contributed by atoms with Crippen molar-refractivity contribution in [1.82, 2.24) is 19.5 Å². The van der Waals surface area contributed by atoms with Gasteiger partial charge in [0.25, 0.3) is 0 Å². The van der Waals surface area contributed by atoms with Crippen molar-refractivity contribution in [3.8, 4) is 5.75 Å². The van der Waals surface area contributed by atoms with Crippen LogP contribution in [-0.4, -0.2) is 57.9 Å². The van der Waals surface area contributed by atoms with Gasteiger partial charge in [0.05, 0.1) is 6.33 Å². The largest absolute Gasteiger partial charge is 0.508 e. The minimum Gasteiger partial charge on any atom is -0.508 e. The highest BCUT2D eigenvalue weighted by Gasteiger charge is 2.24. The van der Waals surface area contributed by atoms with Gasteiger partial charge in [-0.1, -0.05) is 51.1 Å². The van der Waals surface area contributed by atoms with Crippen molar-refractivity contribution in [3.05, 3.63) is 66.5 Å². The first-order chi connectivity index (χ1) is 18.9. The number of para-hydroxylation sites is 1. The maximum absolute atomic E-state index is 9.66. The van der Waals surface area contributed by atoms with Crippen LogP contribution in [0.2, 0.25) is 0 Å². The van der Waals surface area contributed by atoms with Crippen LogP contribution in [0.3, 0.4) is 0 Å². The molecule has 0 bridgehead atoms. The summed E-state index contributed by atoms with van der Waals surface area (Å²) in [7, 11) is 2.07. The molecule has 2 aromatic carbocycles.